The third-order valence-corrected chi connectivity index (χ3v) is 2.82. The lowest BCUT2D eigenvalue weighted by Crippen LogP contribution is -2.10. The van der Waals surface area contributed by atoms with Crippen molar-refractivity contribution in [2.45, 2.75) is 0 Å². The molecule has 22 heavy (non-hydrogen) atoms. The number of nitrogen functional groups attached to an aromatic ring is 1. The maximum atomic E-state index is 13.9. The Morgan fingerprint density at radius 2 is 2.00 bits per heavy atom. The van der Waals surface area contributed by atoms with Crippen LogP contribution in [0.15, 0.2) is 12.1 Å². The summed E-state index contributed by atoms with van der Waals surface area (Å²) in [7, 11) is 1.19. The van der Waals surface area contributed by atoms with Gasteiger partial charge in [0, 0.05) is 0 Å². The van der Waals surface area contributed by atoms with E-state index in [1.54, 1.807) is 0 Å². The number of carboxylic acid groups (broad SMARTS) is 1. The highest BCUT2D eigenvalue weighted by Crippen LogP contribution is 2.34. The van der Waals surface area contributed by atoms with Crippen molar-refractivity contribution in [1.29, 1.82) is 0 Å². The van der Waals surface area contributed by atoms with Gasteiger partial charge in [0.2, 0.25) is 5.75 Å². The summed E-state index contributed by atoms with van der Waals surface area (Å²) in [5.74, 6) is -4.09. The van der Waals surface area contributed by atoms with E-state index in [1.165, 1.54) is 7.11 Å². The van der Waals surface area contributed by atoms with E-state index in [1.807, 2.05) is 0 Å². The minimum Gasteiger partial charge on any atom is -0.489 e. The number of nitrogens with two attached hydrogens (primary N) is 1. The molecule has 0 unspecified atom stereocenters. The van der Waals surface area contributed by atoms with E-state index in [4.69, 9.17) is 27.2 Å². The second-order valence-corrected chi connectivity index (χ2v) is 4.27. The highest BCUT2D eigenvalue weighted by atomic mass is 35.5. The molecule has 0 fully saturated rings. The Morgan fingerprint density at radius 1 is 1.32 bits per heavy atom. The number of benzene rings is 1. The zero-order valence-corrected chi connectivity index (χ0v) is 11.7. The Kier molecular flexibility index (Phi) is 4.27. The van der Waals surface area contributed by atoms with E-state index in [9.17, 15) is 13.6 Å². The van der Waals surface area contributed by atoms with Crippen molar-refractivity contribution in [3.63, 3.8) is 0 Å². The number of carbonyl (C=O) groups is 1. The van der Waals surface area contributed by atoms with E-state index in [0.29, 0.717) is 0 Å². The van der Waals surface area contributed by atoms with Crippen molar-refractivity contribution in [3.8, 4) is 23.0 Å². The summed E-state index contributed by atoms with van der Waals surface area (Å²) in [6.07, 6.45) is -1.69. The van der Waals surface area contributed by atoms with Crippen molar-refractivity contribution >= 4 is 23.6 Å². The molecule has 10 heteroatoms. The minimum absolute atomic E-state index is 0.249. The summed E-state index contributed by atoms with van der Waals surface area (Å²) in [4.78, 5) is 18.0. The third kappa shape index (κ3) is 2.84. The Morgan fingerprint density at radius 3 is 2.59 bits per heavy atom. The molecule has 1 aromatic carbocycles. The summed E-state index contributed by atoms with van der Waals surface area (Å²) in [5.41, 5.74) is 5.20. The number of rotatable bonds is 3. The maximum Gasteiger partial charge on any atom is 0.512 e. The number of halogens is 3. The quantitative estimate of drug-likeness (QED) is 0.657. The minimum atomic E-state index is -1.69. The average molecular weight is 332 g/mol. The fourth-order valence-corrected chi connectivity index (χ4v) is 1.76. The standard InChI is InChI=1S/C12H8ClF2N3O4/c1-21-8-9(16)17-10(18-11(8)22-12(19)20)4-2-3-5(13)7(15)6(4)14/h2-3H,1H3,(H,19,20)(H2,16,17,18). The summed E-state index contributed by atoms with van der Waals surface area (Å²) in [5, 5.41) is 8.22. The molecule has 0 aliphatic heterocycles. The van der Waals surface area contributed by atoms with Gasteiger partial charge in [0.25, 0.3) is 5.88 Å². The molecular weight excluding hydrogens is 324 g/mol. The normalized spacial score (nSPS) is 10.4. The van der Waals surface area contributed by atoms with E-state index in [2.05, 4.69) is 14.7 Å². The molecule has 0 bridgehead atoms. The lowest BCUT2D eigenvalue weighted by Gasteiger charge is -2.11. The molecular formula is C12H8ClF2N3O4. The second kappa shape index (κ2) is 5.98. The molecule has 0 saturated carbocycles. The largest absolute Gasteiger partial charge is 0.512 e. The molecule has 116 valence electrons. The number of hydrogen-bond donors (Lipinski definition) is 2. The van der Waals surface area contributed by atoms with Gasteiger partial charge in [0.05, 0.1) is 17.7 Å². The Hall–Kier alpha value is -2.68. The monoisotopic (exact) mass is 331 g/mol. The third-order valence-electron chi connectivity index (χ3n) is 2.52. The molecule has 1 aromatic heterocycles. The van der Waals surface area contributed by atoms with Gasteiger partial charge >= 0.3 is 6.16 Å². The van der Waals surface area contributed by atoms with Crippen LogP contribution in [0, 0.1) is 11.6 Å². The molecule has 2 rings (SSSR count). The first-order valence-corrected chi connectivity index (χ1v) is 5.99. The first-order valence-electron chi connectivity index (χ1n) is 5.61. The van der Waals surface area contributed by atoms with Crippen LogP contribution in [-0.2, 0) is 0 Å². The van der Waals surface area contributed by atoms with Gasteiger partial charge in [-0.15, -0.1) is 0 Å². The first-order chi connectivity index (χ1) is 10.3. The summed E-state index contributed by atoms with van der Waals surface area (Å²) in [6, 6.07) is 2.21. The highest BCUT2D eigenvalue weighted by Gasteiger charge is 2.21. The van der Waals surface area contributed by atoms with Crippen LogP contribution >= 0.6 is 11.6 Å². The number of nitrogens with zero attached hydrogens (tertiary/aromatic N) is 2. The van der Waals surface area contributed by atoms with Gasteiger partial charge in [0.15, 0.2) is 23.3 Å². The van der Waals surface area contributed by atoms with E-state index in [0.717, 1.165) is 12.1 Å². The zero-order chi connectivity index (χ0) is 16.4. The van der Waals surface area contributed by atoms with Crippen LogP contribution in [0.2, 0.25) is 5.02 Å². The average Bonchev–Trinajstić information content (AvgIpc) is 2.44. The number of aromatic nitrogens is 2. The van der Waals surface area contributed by atoms with E-state index in [-0.39, 0.29) is 23.0 Å². The first kappa shape index (κ1) is 15.7. The predicted molar refractivity (Wildman–Crippen MR) is 72.0 cm³/mol. The lowest BCUT2D eigenvalue weighted by molar-refractivity contribution is 0.140. The van der Waals surface area contributed by atoms with Gasteiger partial charge in [-0.2, -0.15) is 4.98 Å². The topological polar surface area (TPSA) is 108 Å². The van der Waals surface area contributed by atoms with Crippen LogP contribution in [-0.4, -0.2) is 28.3 Å². The van der Waals surface area contributed by atoms with Crippen LogP contribution in [0.1, 0.15) is 0 Å². The molecule has 0 saturated heterocycles. The lowest BCUT2D eigenvalue weighted by atomic mass is 10.2. The molecule has 0 atom stereocenters. The maximum absolute atomic E-state index is 13.9. The number of methoxy groups -OCH3 is 1. The summed E-state index contributed by atoms with van der Waals surface area (Å²) < 4.78 is 36.6. The molecule has 0 amide bonds. The number of ether oxygens (including phenoxy) is 2. The van der Waals surface area contributed by atoms with Crippen molar-refractivity contribution < 1.29 is 28.2 Å². The predicted octanol–water partition coefficient (Wildman–Crippen LogP) is 2.72. The number of hydrogen-bond acceptors (Lipinski definition) is 6. The van der Waals surface area contributed by atoms with Crippen LogP contribution in [0.25, 0.3) is 11.4 Å². The van der Waals surface area contributed by atoms with Crippen molar-refractivity contribution in [1.82, 2.24) is 9.97 Å². The summed E-state index contributed by atoms with van der Waals surface area (Å²) >= 11 is 5.45. The molecule has 0 aliphatic rings. The van der Waals surface area contributed by atoms with Crippen molar-refractivity contribution in [2.75, 3.05) is 12.8 Å². The van der Waals surface area contributed by atoms with Crippen LogP contribution < -0.4 is 15.2 Å². The van der Waals surface area contributed by atoms with Gasteiger partial charge < -0.3 is 20.3 Å². The Balaban J connectivity index is 2.64. The molecule has 0 radical (unpaired) electrons. The van der Waals surface area contributed by atoms with Gasteiger partial charge in [-0.05, 0) is 12.1 Å². The van der Waals surface area contributed by atoms with Gasteiger partial charge in [-0.1, -0.05) is 11.6 Å². The van der Waals surface area contributed by atoms with Gasteiger partial charge in [-0.25, -0.2) is 18.6 Å². The second-order valence-electron chi connectivity index (χ2n) is 3.86. The van der Waals surface area contributed by atoms with E-state index < -0.39 is 28.7 Å². The van der Waals surface area contributed by atoms with Gasteiger partial charge in [-0.3, -0.25) is 0 Å². The van der Waals surface area contributed by atoms with Crippen LogP contribution in [0.5, 0.6) is 11.6 Å². The van der Waals surface area contributed by atoms with Crippen LogP contribution in [0.3, 0.4) is 0 Å². The molecule has 1 heterocycles. The van der Waals surface area contributed by atoms with Gasteiger partial charge in [0.1, 0.15) is 0 Å². The Labute approximate surface area is 127 Å². The fraction of sp³-hybridized carbons (Fsp3) is 0.0833. The Bertz CT molecular complexity index is 758. The van der Waals surface area contributed by atoms with Crippen molar-refractivity contribution in [2.24, 2.45) is 0 Å². The fourth-order valence-electron chi connectivity index (χ4n) is 1.61. The molecule has 0 aliphatic carbocycles. The van der Waals surface area contributed by atoms with E-state index >= 15 is 0 Å². The molecule has 2 aromatic rings. The highest BCUT2D eigenvalue weighted by molar-refractivity contribution is 6.30. The molecule has 7 nitrogen and oxygen atoms in total. The van der Waals surface area contributed by atoms with Crippen molar-refractivity contribution in [3.05, 3.63) is 28.8 Å². The number of anilines is 1. The smallest absolute Gasteiger partial charge is 0.489 e. The zero-order valence-electron chi connectivity index (χ0n) is 10.9. The summed E-state index contributed by atoms with van der Waals surface area (Å²) in [6.45, 7) is 0. The molecule has 3 N–H and O–H groups in total. The molecule has 0 spiro atoms. The SMILES string of the molecule is COc1c(N)nc(-c2ccc(Cl)c(F)c2F)nc1OC(=O)O. The van der Waals surface area contributed by atoms with Crippen LogP contribution in [0.4, 0.5) is 19.4 Å².